The largest absolute Gasteiger partial charge is 0.382 e. The van der Waals surface area contributed by atoms with Crippen LogP contribution in [0.5, 0.6) is 0 Å². The van der Waals surface area contributed by atoms with Crippen molar-refractivity contribution in [2.45, 2.75) is 6.42 Å². The number of nitrogen functional groups attached to an aromatic ring is 1. The highest BCUT2D eigenvalue weighted by Gasteiger charge is 2.13. The maximum atomic E-state index is 13.8. The molecule has 0 radical (unpaired) electrons. The quantitative estimate of drug-likeness (QED) is 0.524. The molecule has 3 N–H and O–H groups in total. The molecule has 3 aromatic heterocycles. The number of aromatic nitrogens is 4. The fraction of sp³-hybridized carbons (Fsp3) is 0.0952. The number of anilines is 2. The van der Waals surface area contributed by atoms with E-state index in [9.17, 15) is 14.0 Å². The van der Waals surface area contributed by atoms with Crippen LogP contribution in [0.2, 0.25) is 0 Å². The smallest absolute Gasteiger partial charge is 0.149 e. The molecule has 0 bridgehead atoms. The summed E-state index contributed by atoms with van der Waals surface area (Å²) in [5.41, 5.74) is 8.66. The summed E-state index contributed by atoms with van der Waals surface area (Å²) < 4.78 is 27.6. The molecule has 0 saturated carbocycles. The van der Waals surface area contributed by atoms with E-state index < -0.39 is 11.6 Å². The number of benzene rings is 1. The number of pyridine rings is 2. The topological polar surface area (TPSA) is 113 Å². The molecule has 148 valence electrons. The Morgan fingerprint density at radius 2 is 1.83 bits per heavy atom. The molecule has 30 heavy (non-hydrogen) atoms. The van der Waals surface area contributed by atoms with Crippen molar-refractivity contribution in [1.29, 1.82) is 5.26 Å². The van der Waals surface area contributed by atoms with Gasteiger partial charge in [0.1, 0.15) is 41.2 Å². The molecular formula is C21H15F2N7. The normalized spacial score (nSPS) is 10.7. The van der Waals surface area contributed by atoms with E-state index in [1.165, 1.54) is 18.5 Å². The van der Waals surface area contributed by atoms with E-state index in [0.29, 0.717) is 41.1 Å². The number of rotatable bonds is 5. The van der Waals surface area contributed by atoms with Crippen molar-refractivity contribution in [2.24, 2.45) is 0 Å². The van der Waals surface area contributed by atoms with Gasteiger partial charge < -0.3 is 11.1 Å². The van der Waals surface area contributed by atoms with Gasteiger partial charge in [0.15, 0.2) is 0 Å². The number of halogens is 2. The Balaban J connectivity index is 1.69. The molecule has 4 aromatic rings. The Hall–Kier alpha value is -4.19. The second-order valence-corrected chi connectivity index (χ2v) is 6.47. The lowest BCUT2D eigenvalue weighted by Gasteiger charge is -2.12. The SMILES string of the molecule is N#Cc1c(N)ncnc1NCCc1cc2ncccc2nc1-c1cc(F)cc(F)c1. The molecule has 9 heteroatoms. The number of hydrogen-bond acceptors (Lipinski definition) is 7. The highest BCUT2D eigenvalue weighted by Crippen LogP contribution is 2.27. The molecule has 0 fully saturated rings. The lowest BCUT2D eigenvalue weighted by molar-refractivity contribution is 0.584. The molecule has 0 amide bonds. The van der Waals surface area contributed by atoms with Gasteiger partial charge in [-0.25, -0.2) is 23.7 Å². The summed E-state index contributed by atoms with van der Waals surface area (Å²) in [6.45, 7) is 0.371. The van der Waals surface area contributed by atoms with Crippen molar-refractivity contribution in [3.05, 3.63) is 71.7 Å². The second-order valence-electron chi connectivity index (χ2n) is 6.47. The number of nitrogens with zero attached hydrogens (tertiary/aromatic N) is 5. The molecule has 0 aliphatic rings. The summed E-state index contributed by atoms with van der Waals surface area (Å²) in [5.74, 6) is -0.965. The maximum absolute atomic E-state index is 13.8. The number of nitrogens with two attached hydrogens (primary N) is 1. The van der Waals surface area contributed by atoms with Gasteiger partial charge in [0.05, 0.1) is 16.7 Å². The van der Waals surface area contributed by atoms with Crippen molar-refractivity contribution >= 4 is 22.7 Å². The van der Waals surface area contributed by atoms with Gasteiger partial charge in [0.2, 0.25) is 0 Å². The molecule has 0 saturated heterocycles. The van der Waals surface area contributed by atoms with E-state index >= 15 is 0 Å². The Bertz CT molecular complexity index is 1260. The standard InChI is InChI=1S/C21H15F2N7/c22-14-6-13(7-15(23)9-14)19-12(8-18-17(30-19)2-1-4-26-18)3-5-27-21-16(10-24)20(25)28-11-29-21/h1-2,4,6-9,11H,3,5H2,(H3,25,27,28,29). The van der Waals surface area contributed by atoms with Crippen LogP contribution in [0, 0.1) is 23.0 Å². The molecule has 0 aliphatic carbocycles. The van der Waals surface area contributed by atoms with E-state index in [1.807, 2.05) is 12.1 Å². The van der Waals surface area contributed by atoms with Crippen LogP contribution < -0.4 is 11.1 Å². The predicted octanol–water partition coefficient (Wildman–Crippen LogP) is 3.47. The zero-order valence-electron chi connectivity index (χ0n) is 15.6. The fourth-order valence-corrected chi connectivity index (χ4v) is 3.13. The Labute approximate surface area is 170 Å². The van der Waals surface area contributed by atoms with Gasteiger partial charge >= 0.3 is 0 Å². The number of hydrogen-bond donors (Lipinski definition) is 2. The minimum Gasteiger partial charge on any atom is -0.382 e. The Kier molecular flexibility index (Phi) is 5.13. The number of fused-ring (bicyclic) bond motifs is 1. The monoisotopic (exact) mass is 403 g/mol. The molecule has 0 unspecified atom stereocenters. The van der Waals surface area contributed by atoms with Crippen molar-refractivity contribution in [3.8, 4) is 17.3 Å². The number of nitrogens with one attached hydrogen (secondary N) is 1. The van der Waals surface area contributed by atoms with E-state index in [2.05, 4.69) is 25.3 Å². The summed E-state index contributed by atoms with van der Waals surface area (Å²) in [4.78, 5) is 16.7. The Morgan fingerprint density at radius 3 is 2.60 bits per heavy atom. The van der Waals surface area contributed by atoms with E-state index in [1.54, 1.807) is 18.3 Å². The third-order valence-corrected chi connectivity index (χ3v) is 4.47. The highest BCUT2D eigenvalue weighted by molar-refractivity contribution is 5.80. The van der Waals surface area contributed by atoms with Crippen LogP contribution in [-0.2, 0) is 6.42 Å². The van der Waals surface area contributed by atoms with Gasteiger partial charge in [-0.05, 0) is 42.3 Å². The zero-order chi connectivity index (χ0) is 21.1. The molecular weight excluding hydrogens is 388 g/mol. The van der Waals surface area contributed by atoms with Crippen LogP contribution in [0.15, 0.2) is 48.9 Å². The first-order valence-corrected chi connectivity index (χ1v) is 9.00. The van der Waals surface area contributed by atoms with E-state index in [-0.39, 0.29) is 11.4 Å². The van der Waals surface area contributed by atoms with Crippen LogP contribution in [0.1, 0.15) is 11.1 Å². The van der Waals surface area contributed by atoms with Crippen LogP contribution >= 0.6 is 0 Å². The van der Waals surface area contributed by atoms with Gasteiger partial charge in [0.25, 0.3) is 0 Å². The van der Waals surface area contributed by atoms with Crippen LogP contribution in [0.25, 0.3) is 22.3 Å². The first-order valence-electron chi connectivity index (χ1n) is 9.00. The van der Waals surface area contributed by atoms with Gasteiger partial charge in [-0.1, -0.05) is 0 Å². The lowest BCUT2D eigenvalue weighted by atomic mass is 10.0. The van der Waals surface area contributed by atoms with Gasteiger partial charge in [-0.3, -0.25) is 4.98 Å². The number of nitriles is 1. The molecule has 0 atom stereocenters. The summed E-state index contributed by atoms with van der Waals surface area (Å²) in [6, 6.07) is 10.6. The minimum absolute atomic E-state index is 0.0856. The highest BCUT2D eigenvalue weighted by atomic mass is 19.1. The molecule has 1 aromatic carbocycles. The van der Waals surface area contributed by atoms with Gasteiger partial charge in [-0.15, -0.1) is 0 Å². The Morgan fingerprint density at radius 1 is 1.03 bits per heavy atom. The van der Waals surface area contributed by atoms with Crippen molar-refractivity contribution in [3.63, 3.8) is 0 Å². The van der Waals surface area contributed by atoms with Crippen molar-refractivity contribution in [1.82, 2.24) is 19.9 Å². The van der Waals surface area contributed by atoms with Crippen molar-refractivity contribution < 1.29 is 8.78 Å². The third-order valence-electron chi connectivity index (χ3n) is 4.47. The van der Waals surface area contributed by atoms with Crippen LogP contribution in [0.4, 0.5) is 20.4 Å². The summed E-state index contributed by atoms with van der Waals surface area (Å²) >= 11 is 0. The lowest BCUT2D eigenvalue weighted by Crippen LogP contribution is -2.11. The fourth-order valence-electron chi connectivity index (χ4n) is 3.13. The summed E-state index contributed by atoms with van der Waals surface area (Å²) in [6.07, 6.45) is 3.35. The maximum Gasteiger partial charge on any atom is 0.149 e. The second kappa shape index (κ2) is 8.05. The van der Waals surface area contributed by atoms with E-state index in [4.69, 9.17) is 5.73 Å². The minimum atomic E-state index is -0.683. The van der Waals surface area contributed by atoms with Gasteiger partial charge in [-0.2, -0.15) is 5.26 Å². The molecule has 7 nitrogen and oxygen atoms in total. The van der Waals surface area contributed by atoms with E-state index in [0.717, 1.165) is 11.6 Å². The average molecular weight is 403 g/mol. The van der Waals surface area contributed by atoms with Crippen LogP contribution in [-0.4, -0.2) is 26.5 Å². The molecule has 4 rings (SSSR count). The van der Waals surface area contributed by atoms with Gasteiger partial charge in [0, 0.05) is 24.4 Å². The summed E-state index contributed by atoms with van der Waals surface area (Å²) in [7, 11) is 0. The van der Waals surface area contributed by atoms with Crippen molar-refractivity contribution in [2.75, 3.05) is 17.6 Å². The predicted molar refractivity (Wildman–Crippen MR) is 108 cm³/mol. The molecule has 0 spiro atoms. The van der Waals surface area contributed by atoms with Crippen LogP contribution in [0.3, 0.4) is 0 Å². The zero-order valence-corrected chi connectivity index (χ0v) is 15.6. The average Bonchev–Trinajstić information content (AvgIpc) is 2.72. The third kappa shape index (κ3) is 3.84. The first-order chi connectivity index (χ1) is 14.5. The summed E-state index contributed by atoms with van der Waals surface area (Å²) in [5, 5.41) is 12.3. The molecule has 3 heterocycles. The first kappa shape index (κ1) is 19.1. The molecule has 0 aliphatic heterocycles.